The molecule has 1 aromatic rings. The van der Waals surface area contributed by atoms with E-state index in [0.29, 0.717) is 13.1 Å². The molecule has 3 fully saturated rings. The first-order valence-electron chi connectivity index (χ1n) is 10.4. The monoisotopic (exact) mass is 384 g/mol. The number of imide groups is 1. The van der Waals surface area contributed by atoms with Crippen LogP contribution in [0.5, 0.6) is 0 Å². The molecule has 2 saturated heterocycles. The van der Waals surface area contributed by atoms with Gasteiger partial charge in [-0.2, -0.15) is 0 Å². The van der Waals surface area contributed by atoms with Crippen molar-refractivity contribution in [3.05, 3.63) is 30.1 Å². The van der Waals surface area contributed by atoms with Gasteiger partial charge in [0.15, 0.2) is 0 Å². The molecule has 0 spiro atoms. The van der Waals surface area contributed by atoms with Crippen molar-refractivity contribution in [2.75, 3.05) is 32.7 Å². The Morgan fingerprint density at radius 3 is 2.18 bits per heavy atom. The van der Waals surface area contributed by atoms with Gasteiger partial charge in [-0.3, -0.25) is 29.2 Å². The zero-order chi connectivity index (χ0) is 19.5. The number of piperazine rings is 1. The third kappa shape index (κ3) is 3.94. The minimum atomic E-state index is -0.131. The van der Waals surface area contributed by atoms with Crippen LogP contribution in [0, 0.1) is 11.8 Å². The highest BCUT2D eigenvalue weighted by atomic mass is 16.2. The lowest BCUT2D eigenvalue weighted by Gasteiger charge is -2.35. The summed E-state index contributed by atoms with van der Waals surface area (Å²) >= 11 is 0. The summed E-state index contributed by atoms with van der Waals surface area (Å²) in [6.07, 6.45) is 7.52. The number of nitrogens with zero attached hydrogens (tertiary/aromatic N) is 4. The first-order chi connectivity index (χ1) is 13.6. The molecule has 2 aliphatic heterocycles. The number of carbonyl (C=O) groups is 3. The van der Waals surface area contributed by atoms with Crippen LogP contribution in [0.25, 0.3) is 0 Å². The van der Waals surface area contributed by atoms with Gasteiger partial charge in [0.05, 0.1) is 11.8 Å². The van der Waals surface area contributed by atoms with Gasteiger partial charge in [-0.25, -0.2) is 0 Å². The highest BCUT2D eigenvalue weighted by Gasteiger charge is 2.47. The van der Waals surface area contributed by atoms with E-state index in [-0.39, 0.29) is 42.5 Å². The third-order valence-corrected chi connectivity index (χ3v) is 6.36. The van der Waals surface area contributed by atoms with Crippen LogP contribution in [-0.2, 0) is 20.9 Å². The SMILES string of the molecule is O=C(CCN1C(=O)[C@H]2CCCC[C@@H]2C1=O)N1CCN(Cc2ccncc2)CC1. The first-order valence-corrected chi connectivity index (χ1v) is 10.4. The highest BCUT2D eigenvalue weighted by molar-refractivity contribution is 6.05. The van der Waals surface area contributed by atoms with E-state index in [1.54, 1.807) is 12.4 Å². The zero-order valence-corrected chi connectivity index (χ0v) is 16.3. The van der Waals surface area contributed by atoms with Crippen LogP contribution in [0.4, 0.5) is 0 Å². The van der Waals surface area contributed by atoms with Crippen LogP contribution >= 0.6 is 0 Å². The summed E-state index contributed by atoms with van der Waals surface area (Å²) in [7, 11) is 0. The second-order valence-electron chi connectivity index (χ2n) is 8.09. The van der Waals surface area contributed by atoms with Crippen LogP contribution in [0.3, 0.4) is 0 Å². The van der Waals surface area contributed by atoms with Crippen molar-refractivity contribution in [2.24, 2.45) is 11.8 Å². The summed E-state index contributed by atoms with van der Waals surface area (Å²) in [5.74, 6) is -0.324. The maximum atomic E-state index is 12.6. The van der Waals surface area contributed by atoms with Crippen LogP contribution in [-0.4, -0.2) is 70.1 Å². The van der Waals surface area contributed by atoms with E-state index in [1.165, 1.54) is 10.5 Å². The van der Waals surface area contributed by atoms with Crippen molar-refractivity contribution in [3.63, 3.8) is 0 Å². The number of aromatic nitrogens is 1. The standard InChI is InChI=1S/C21H28N4O3/c26-19(7-10-25-20(27)17-3-1-2-4-18(17)21(25)28)24-13-11-23(12-14-24)15-16-5-8-22-9-6-16/h5-6,8-9,17-18H,1-4,7,10-15H2/t17-,18-/m0/s1. The van der Waals surface area contributed by atoms with Crippen molar-refractivity contribution < 1.29 is 14.4 Å². The molecule has 150 valence electrons. The molecule has 2 atom stereocenters. The van der Waals surface area contributed by atoms with Crippen molar-refractivity contribution in [1.82, 2.24) is 19.7 Å². The molecule has 7 nitrogen and oxygen atoms in total. The van der Waals surface area contributed by atoms with Gasteiger partial charge in [0.2, 0.25) is 17.7 Å². The molecular formula is C21H28N4O3. The van der Waals surface area contributed by atoms with E-state index in [4.69, 9.17) is 0 Å². The minimum Gasteiger partial charge on any atom is -0.340 e. The number of carbonyl (C=O) groups excluding carboxylic acids is 3. The number of hydrogen-bond acceptors (Lipinski definition) is 5. The normalized spacial score (nSPS) is 25.9. The Hall–Kier alpha value is -2.28. The summed E-state index contributed by atoms with van der Waals surface area (Å²) in [6, 6.07) is 4.03. The van der Waals surface area contributed by atoms with E-state index in [0.717, 1.165) is 45.3 Å². The predicted molar refractivity (Wildman–Crippen MR) is 103 cm³/mol. The molecule has 0 aromatic carbocycles. The zero-order valence-electron chi connectivity index (χ0n) is 16.3. The number of amides is 3. The maximum Gasteiger partial charge on any atom is 0.233 e. The molecule has 0 unspecified atom stereocenters. The molecule has 3 heterocycles. The van der Waals surface area contributed by atoms with E-state index in [1.807, 2.05) is 17.0 Å². The molecule has 0 bridgehead atoms. The molecule has 1 aliphatic carbocycles. The highest BCUT2D eigenvalue weighted by Crippen LogP contribution is 2.38. The average molecular weight is 384 g/mol. The fraction of sp³-hybridized carbons (Fsp3) is 0.619. The van der Waals surface area contributed by atoms with Crippen molar-refractivity contribution in [1.29, 1.82) is 0 Å². The van der Waals surface area contributed by atoms with Crippen molar-refractivity contribution in [2.45, 2.75) is 38.6 Å². The number of likely N-dealkylation sites (tertiary alicyclic amines) is 1. The lowest BCUT2D eigenvalue weighted by molar-refractivity contribution is -0.141. The van der Waals surface area contributed by atoms with Gasteiger partial charge in [-0.05, 0) is 30.5 Å². The van der Waals surface area contributed by atoms with Gasteiger partial charge < -0.3 is 4.90 Å². The van der Waals surface area contributed by atoms with Crippen LogP contribution < -0.4 is 0 Å². The fourth-order valence-corrected chi connectivity index (χ4v) is 4.72. The Kier molecular flexibility index (Phi) is 5.71. The molecule has 3 aliphatic rings. The smallest absolute Gasteiger partial charge is 0.233 e. The molecule has 28 heavy (non-hydrogen) atoms. The van der Waals surface area contributed by atoms with Crippen LogP contribution in [0.2, 0.25) is 0 Å². The maximum absolute atomic E-state index is 12.6. The summed E-state index contributed by atoms with van der Waals surface area (Å²) in [4.78, 5) is 47.2. The second-order valence-corrected chi connectivity index (χ2v) is 8.09. The summed E-state index contributed by atoms with van der Waals surface area (Å²) < 4.78 is 0. The number of rotatable bonds is 5. The van der Waals surface area contributed by atoms with Crippen LogP contribution in [0.15, 0.2) is 24.5 Å². The molecule has 3 amide bonds. The minimum absolute atomic E-state index is 0.0408. The van der Waals surface area contributed by atoms with Gasteiger partial charge in [0.1, 0.15) is 0 Å². The second kappa shape index (κ2) is 8.39. The average Bonchev–Trinajstić information content (AvgIpc) is 2.98. The molecular weight excluding hydrogens is 356 g/mol. The van der Waals surface area contributed by atoms with Crippen molar-refractivity contribution in [3.8, 4) is 0 Å². The summed E-state index contributed by atoms with van der Waals surface area (Å²) in [5.41, 5.74) is 1.22. The van der Waals surface area contributed by atoms with Gasteiger partial charge in [0.25, 0.3) is 0 Å². The quantitative estimate of drug-likeness (QED) is 0.716. The van der Waals surface area contributed by atoms with E-state index < -0.39 is 0 Å². The number of fused-ring (bicyclic) bond motifs is 1. The molecule has 7 heteroatoms. The Labute approximate surface area is 165 Å². The Balaban J connectivity index is 1.24. The third-order valence-electron chi connectivity index (χ3n) is 6.36. The number of pyridine rings is 1. The fourth-order valence-electron chi connectivity index (χ4n) is 4.72. The van der Waals surface area contributed by atoms with Gasteiger partial charge >= 0.3 is 0 Å². The van der Waals surface area contributed by atoms with Crippen molar-refractivity contribution >= 4 is 17.7 Å². The Morgan fingerprint density at radius 1 is 0.964 bits per heavy atom. The van der Waals surface area contributed by atoms with Gasteiger partial charge in [-0.15, -0.1) is 0 Å². The Morgan fingerprint density at radius 2 is 1.57 bits per heavy atom. The van der Waals surface area contributed by atoms with E-state index in [2.05, 4.69) is 9.88 Å². The van der Waals surface area contributed by atoms with Gasteiger partial charge in [-0.1, -0.05) is 12.8 Å². The molecule has 0 radical (unpaired) electrons. The topological polar surface area (TPSA) is 73.8 Å². The summed E-state index contributed by atoms with van der Waals surface area (Å²) in [5, 5.41) is 0. The molecule has 1 saturated carbocycles. The first kappa shape index (κ1) is 19.1. The molecule has 4 rings (SSSR count). The van der Waals surface area contributed by atoms with Gasteiger partial charge in [0, 0.05) is 58.1 Å². The lowest BCUT2D eigenvalue weighted by Crippen LogP contribution is -2.49. The summed E-state index contributed by atoms with van der Waals surface area (Å²) in [6.45, 7) is 4.15. The lowest BCUT2D eigenvalue weighted by atomic mass is 9.81. The Bertz CT molecular complexity index is 706. The predicted octanol–water partition coefficient (Wildman–Crippen LogP) is 1.29. The van der Waals surface area contributed by atoms with E-state index >= 15 is 0 Å². The largest absolute Gasteiger partial charge is 0.340 e. The molecule has 0 N–H and O–H groups in total. The number of hydrogen-bond donors (Lipinski definition) is 0. The molecule has 1 aromatic heterocycles. The van der Waals surface area contributed by atoms with E-state index in [9.17, 15) is 14.4 Å². The van der Waals surface area contributed by atoms with Crippen LogP contribution in [0.1, 0.15) is 37.7 Å².